The topological polar surface area (TPSA) is 13.1 Å². The Morgan fingerprint density at radius 1 is 0.375 bits per heavy atom. The molecule has 3 nitrogen and oxygen atoms in total. The third-order valence-electron chi connectivity index (χ3n) is 9.48. The fourth-order valence-electron chi connectivity index (χ4n) is 7.44. The monoisotopic (exact) mass is 631 g/mol. The van der Waals surface area contributed by atoms with Crippen molar-refractivity contribution in [2.75, 3.05) is 4.90 Å². The number of fused-ring (bicyclic) bond motifs is 7. The highest BCUT2D eigenvalue weighted by atomic mass is 32.2. The molecule has 0 N–H and O–H groups in total. The number of rotatable bonds is 4. The molecule has 1 aliphatic rings. The van der Waals surface area contributed by atoms with Gasteiger partial charge in [0, 0.05) is 43.0 Å². The Morgan fingerprint density at radius 3 is 1.75 bits per heavy atom. The summed E-state index contributed by atoms with van der Waals surface area (Å²) >= 11 is 1.84. The summed E-state index contributed by atoms with van der Waals surface area (Å²) in [4.78, 5) is 4.93. The van der Waals surface area contributed by atoms with E-state index in [1.807, 2.05) is 11.8 Å². The maximum atomic E-state index is 2.47. The van der Waals surface area contributed by atoms with E-state index < -0.39 is 0 Å². The average Bonchev–Trinajstić information content (AvgIpc) is 3.71. The van der Waals surface area contributed by atoms with Crippen molar-refractivity contribution in [1.29, 1.82) is 0 Å². The minimum Gasteiger partial charge on any atom is -0.309 e. The Hall–Kier alpha value is -5.97. The minimum atomic E-state index is 1.13. The summed E-state index contributed by atoms with van der Waals surface area (Å²) in [6, 6.07) is 63.7. The molecule has 2 aromatic heterocycles. The van der Waals surface area contributed by atoms with Crippen LogP contribution in [0.3, 0.4) is 0 Å². The molecule has 0 aliphatic carbocycles. The lowest BCUT2D eigenvalue weighted by Gasteiger charge is -2.33. The second kappa shape index (κ2) is 10.8. The van der Waals surface area contributed by atoms with Gasteiger partial charge in [0.15, 0.2) is 0 Å². The van der Waals surface area contributed by atoms with Crippen molar-refractivity contribution in [2.24, 2.45) is 0 Å². The molecule has 10 rings (SSSR count). The smallest absolute Gasteiger partial charge is 0.0635 e. The predicted octanol–water partition coefficient (Wildman–Crippen LogP) is 12.3. The van der Waals surface area contributed by atoms with Gasteiger partial charge in [-0.3, -0.25) is 0 Å². The van der Waals surface area contributed by atoms with Gasteiger partial charge in [0.2, 0.25) is 0 Å². The van der Waals surface area contributed by atoms with Gasteiger partial charge in [-0.2, -0.15) is 0 Å². The fraction of sp³-hybridized carbons (Fsp3) is 0. The Balaban J connectivity index is 1.27. The molecule has 0 radical (unpaired) electrons. The maximum Gasteiger partial charge on any atom is 0.0635 e. The van der Waals surface area contributed by atoms with Crippen LogP contribution < -0.4 is 4.90 Å². The first-order chi connectivity index (χ1) is 23.8. The van der Waals surface area contributed by atoms with Crippen LogP contribution in [0, 0.1) is 0 Å². The van der Waals surface area contributed by atoms with E-state index in [-0.39, 0.29) is 0 Å². The zero-order valence-electron chi connectivity index (χ0n) is 26.0. The van der Waals surface area contributed by atoms with Crippen LogP contribution in [-0.4, -0.2) is 9.13 Å². The summed E-state index contributed by atoms with van der Waals surface area (Å²) in [7, 11) is 0. The highest BCUT2D eigenvalue weighted by molar-refractivity contribution is 7.99. The van der Waals surface area contributed by atoms with Gasteiger partial charge in [-0.15, -0.1) is 0 Å². The van der Waals surface area contributed by atoms with Gasteiger partial charge in [0.1, 0.15) is 0 Å². The van der Waals surface area contributed by atoms with Crippen molar-refractivity contribution in [2.45, 2.75) is 9.79 Å². The highest BCUT2D eigenvalue weighted by Crippen LogP contribution is 2.51. The van der Waals surface area contributed by atoms with Crippen LogP contribution in [0.2, 0.25) is 0 Å². The summed E-state index contributed by atoms with van der Waals surface area (Å²) in [5.74, 6) is 0. The number of benzene rings is 7. The molecule has 0 saturated heterocycles. The SMILES string of the molecule is c1ccc(-c2cc3c(ccc4c5ccccc5n(-c5cccc(N6c7ccccc7Sc7ccccc76)c5)c43)n2-c2ccccc2)cc1. The first-order valence-electron chi connectivity index (χ1n) is 16.3. The van der Waals surface area contributed by atoms with Crippen molar-refractivity contribution < 1.29 is 0 Å². The molecular formula is C44H29N3S. The molecule has 0 fully saturated rings. The van der Waals surface area contributed by atoms with Crippen molar-refractivity contribution in [3.05, 3.63) is 176 Å². The summed E-state index contributed by atoms with van der Waals surface area (Å²) in [6.07, 6.45) is 0. The summed E-state index contributed by atoms with van der Waals surface area (Å²) in [5.41, 5.74) is 11.8. The number of nitrogens with zero attached hydrogens (tertiary/aromatic N) is 3. The Bertz CT molecular complexity index is 2610. The lowest BCUT2D eigenvalue weighted by atomic mass is 10.1. The van der Waals surface area contributed by atoms with Gasteiger partial charge in [0.05, 0.1) is 33.6 Å². The lowest BCUT2D eigenvalue weighted by molar-refractivity contribution is 1.13. The number of para-hydroxylation sites is 4. The van der Waals surface area contributed by atoms with E-state index >= 15 is 0 Å². The Labute approximate surface area is 282 Å². The van der Waals surface area contributed by atoms with Crippen LogP contribution in [0.15, 0.2) is 186 Å². The van der Waals surface area contributed by atoms with E-state index in [2.05, 4.69) is 190 Å². The van der Waals surface area contributed by atoms with Gasteiger partial charge in [-0.1, -0.05) is 115 Å². The van der Waals surface area contributed by atoms with Gasteiger partial charge in [-0.05, 0) is 78.4 Å². The van der Waals surface area contributed by atoms with Gasteiger partial charge < -0.3 is 14.0 Å². The fourth-order valence-corrected chi connectivity index (χ4v) is 8.50. The summed E-state index contributed by atoms with van der Waals surface area (Å²) < 4.78 is 4.87. The van der Waals surface area contributed by atoms with Crippen LogP contribution in [0.4, 0.5) is 17.1 Å². The molecule has 226 valence electrons. The van der Waals surface area contributed by atoms with Crippen LogP contribution in [-0.2, 0) is 0 Å². The first-order valence-corrected chi connectivity index (χ1v) is 17.1. The second-order valence-corrected chi connectivity index (χ2v) is 13.3. The molecule has 4 heteroatoms. The molecule has 7 aromatic carbocycles. The molecule has 0 atom stereocenters. The van der Waals surface area contributed by atoms with Gasteiger partial charge >= 0.3 is 0 Å². The van der Waals surface area contributed by atoms with E-state index in [9.17, 15) is 0 Å². The zero-order valence-corrected chi connectivity index (χ0v) is 26.8. The normalized spacial score (nSPS) is 12.5. The summed E-state index contributed by atoms with van der Waals surface area (Å²) in [6.45, 7) is 0. The predicted molar refractivity (Wildman–Crippen MR) is 202 cm³/mol. The molecule has 9 aromatic rings. The molecule has 48 heavy (non-hydrogen) atoms. The molecule has 1 aliphatic heterocycles. The molecule has 0 spiro atoms. The van der Waals surface area contributed by atoms with E-state index in [0.717, 1.165) is 17.1 Å². The molecule has 0 saturated carbocycles. The number of hydrogen-bond acceptors (Lipinski definition) is 2. The molecule has 3 heterocycles. The van der Waals surface area contributed by atoms with Crippen LogP contribution in [0.5, 0.6) is 0 Å². The van der Waals surface area contributed by atoms with Gasteiger partial charge in [0.25, 0.3) is 0 Å². The van der Waals surface area contributed by atoms with E-state index in [1.54, 1.807) is 0 Å². The average molecular weight is 632 g/mol. The molecule has 0 unspecified atom stereocenters. The van der Waals surface area contributed by atoms with E-state index in [1.165, 1.54) is 65.1 Å². The van der Waals surface area contributed by atoms with E-state index in [0.29, 0.717) is 0 Å². The quantitative estimate of drug-likeness (QED) is 0.192. The number of hydrogen-bond donors (Lipinski definition) is 0. The van der Waals surface area contributed by atoms with Crippen LogP contribution in [0.1, 0.15) is 0 Å². The van der Waals surface area contributed by atoms with Crippen LogP contribution in [0.25, 0.3) is 55.3 Å². The standard InChI is InChI=1S/C44H29N3S/c1-3-14-30(15-4-1)41-29-36-38(45(41)31-16-5-2-6-17-31)27-26-35-34-20-7-8-21-37(34)47(44(35)36)33-19-13-18-32(28-33)46-39-22-9-11-24-42(39)48-43-25-12-10-23-40(43)46/h1-29H. The molecule has 0 amide bonds. The third kappa shape index (κ3) is 4.09. The Kier molecular flexibility index (Phi) is 6.11. The number of anilines is 3. The Morgan fingerprint density at radius 2 is 0.979 bits per heavy atom. The third-order valence-corrected chi connectivity index (χ3v) is 10.6. The highest BCUT2D eigenvalue weighted by Gasteiger charge is 2.25. The number of aromatic nitrogens is 2. The largest absolute Gasteiger partial charge is 0.309 e. The van der Waals surface area contributed by atoms with Crippen molar-refractivity contribution >= 4 is 61.5 Å². The molecular weight excluding hydrogens is 603 g/mol. The van der Waals surface area contributed by atoms with Crippen molar-refractivity contribution in [3.63, 3.8) is 0 Å². The van der Waals surface area contributed by atoms with Crippen LogP contribution >= 0.6 is 11.8 Å². The van der Waals surface area contributed by atoms with Crippen molar-refractivity contribution in [1.82, 2.24) is 9.13 Å². The second-order valence-electron chi connectivity index (χ2n) is 12.2. The molecule has 0 bridgehead atoms. The lowest BCUT2D eigenvalue weighted by Crippen LogP contribution is -2.15. The minimum absolute atomic E-state index is 1.13. The maximum absolute atomic E-state index is 2.47. The van der Waals surface area contributed by atoms with E-state index in [4.69, 9.17) is 0 Å². The first kappa shape index (κ1) is 27.2. The van der Waals surface area contributed by atoms with Gasteiger partial charge in [-0.25, -0.2) is 0 Å². The van der Waals surface area contributed by atoms with Crippen molar-refractivity contribution in [3.8, 4) is 22.6 Å². The zero-order chi connectivity index (χ0) is 31.6. The summed E-state index contributed by atoms with van der Waals surface area (Å²) in [5, 5.41) is 3.72.